The standard InChI is InChI=1S/C12H13FO/c1-9(2)7-11(14)8-10-5-3-4-6-12(10)13/h3-7H,8H2,1-2H3. The number of ketones is 1. The second-order valence-corrected chi connectivity index (χ2v) is 3.46. The summed E-state index contributed by atoms with van der Waals surface area (Å²) in [6.45, 7) is 3.69. The van der Waals surface area contributed by atoms with E-state index in [2.05, 4.69) is 0 Å². The van der Waals surface area contributed by atoms with Gasteiger partial charge in [-0.15, -0.1) is 0 Å². The van der Waals surface area contributed by atoms with Crippen molar-refractivity contribution in [2.45, 2.75) is 20.3 Å². The van der Waals surface area contributed by atoms with Crippen LogP contribution in [0.2, 0.25) is 0 Å². The number of halogens is 1. The lowest BCUT2D eigenvalue weighted by atomic mass is 10.1. The summed E-state index contributed by atoms with van der Waals surface area (Å²) >= 11 is 0. The predicted octanol–water partition coefficient (Wildman–Crippen LogP) is 2.90. The summed E-state index contributed by atoms with van der Waals surface area (Å²) in [7, 11) is 0. The number of allylic oxidation sites excluding steroid dienone is 2. The van der Waals surface area contributed by atoms with Crippen LogP contribution in [0, 0.1) is 5.82 Å². The van der Waals surface area contributed by atoms with Crippen LogP contribution in [0.25, 0.3) is 0 Å². The second-order valence-electron chi connectivity index (χ2n) is 3.46. The Bertz CT molecular complexity index is 362. The van der Waals surface area contributed by atoms with E-state index in [1.54, 1.807) is 18.2 Å². The molecule has 0 amide bonds. The number of hydrogen-bond donors (Lipinski definition) is 0. The highest BCUT2D eigenvalue weighted by Crippen LogP contribution is 2.08. The Kier molecular flexibility index (Phi) is 3.57. The molecule has 1 rings (SSSR count). The zero-order valence-electron chi connectivity index (χ0n) is 8.38. The first kappa shape index (κ1) is 10.6. The smallest absolute Gasteiger partial charge is 0.160 e. The van der Waals surface area contributed by atoms with Gasteiger partial charge in [-0.1, -0.05) is 23.8 Å². The minimum absolute atomic E-state index is 0.0601. The summed E-state index contributed by atoms with van der Waals surface area (Å²) in [5.74, 6) is -0.377. The minimum atomic E-state index is -0.317. The molecule has 1 aromatic carbocycles. The molecule has 0 unspecified atom stereocenters. The quantitative estimate of drug-likeness (QED) is 0.673. The average molecular weight is 192 g/mol. The lowest BCUT2D eigenvalue weighted by Gasteiger charge is -1.99. The average Bonchev–Trinajstić information content (AvgIpc) is 2.07. The molecule has 0 fully saturated rings. The zero-order valence-corrected chi connectivity index (χ0v) is 8.38. The fourth-order valence-corrected chi connectivity index (χ4v) is 1.20. The SMILES string of the molecule is CC(C)=CC(=O)Cc1ccccc1F. The molecule has 74 valence electrons. The molecule has 0 atom stereocenters. The van der Waals surface area contributed by atoms with Crippen molar-refractivity contribution in [3.63, 3.8) is 0 Å². The molecule has 0 aliphatic rings. The maximum Gasteiger partial charge on any atom is 0.160 e. The molecule has 1 aromatic rings. The molecule has 0 heterocycles. The monoisotopic (exact) mass is 192 g/mol. The van der Waals surface area contributed by atoms with Crippen molar-refractivity contribution >= 4 is 5.78 Å². The fourth-order valence-electron chi connectivity index (χ4n) is 1.20. The Hall–Kier alpha value is -1.44. The van der Waals surface area contributed by atoms with Gasteiger partial charge in [-0.2, -0.15) is 0 Å². The van der Waals surface area contributed by atoms with Crippen molar-refractivity contribution in [3.05, 3.63) is 47.3 Å². The molecule has 0 aliphatic heterocycles. The Morgan fingerprint density at radius 2 is 2.00 bits per heavy atom. The molecule has 0 spiro atoms. The molecule has 0 aromatic heterocycles. The van der Waals surface area contributed by atoms with Crippen molar-refractivity contribution in [1.82, 2.24) is 0 Å². The molecule has 0 radical (unpaired) electrons. The Balaban J connectivity index is 2.75. The first-order chi connectivity index (χ1) is 6.59. The van der Waals surface area contributed by atoms with E-state index in [4.69, 9.17) is 0 Å². The van der Waals surface area contributed by atoms with Gasteiger partial charge in [0.25, 0.3) is 0 Å². The summed E-state index contributed by atoms with van der Waals surface area (Å²) < 4.78 is 13.1. The largest absolute Gasteiger partial charge is 0.294 e. The van der Waals surface area contributed by atoms with Crippen LogP contribution in [0.4, 0.5) is 4.39 Å². The molecule has 14 heavy (non-hydrogen) atoms. The van der Waals surface area contributed by atoms with Crippen LogP contribution in [0.3, 0.4) is 0 Å². The van der Waals surface area contributed by atoms with Gasteiger partial charge in [-0.05, 0) is 31.6 Å². The molecule has 0 bridgehead atoms. The van der Waals surface area contributed by atoms with Crippen LogP contribution in [-0.4, -0.2) is 5.78 Å². The van der Waals surface area contributed by atoms with Crippen LogP contribution in [0.1, 0.15) is 19.4 Å². The third-order valence-electron chi connectivity index (χ3n) is 1.77. The van der Waals surface area contributed by atoms with E-state index in [1.807, 2.05) is 13.8 Å². The molecule has 0 saturated heterocycles. The summed E-state index contributed by atoms with van der Waals surface area (Å²) in [5.41, 5.74) is 1.39. The van der Waals surface area contributed by atoms with Gasteiger partial charge in [0.15, 0.2) is 5.78 Å². The van der Waals surface area contributed by atoms with E-state index in [0.717, 1.165) is 5.57 Å². The number of benzene rings is 1. The third-order valence-corrected chi connectivity index (χ3v) is 1.77. The van der Waals surface area contributed by atoms with Gasteiger partial charge in [-0.3, -0.25) is 4.79 Å². The van der Waals surface area contributed by atoms with Crippen molar-refractivity contribution in [1.29, 1.82) is 0 Å². The van der Waals surface area contributed by atoms with Crippen molar-refractivity contribution in [3.8, 4) is 0 Å². The Morgan fingerprint density at radius 1 is 1.36 bits per heavy atom. The summed E-state index contributed by atoms with van der Waals surface area (Å²) in [4.78, 5) is 11.3. The zero-order chi connectivity index (χ0) is 10.6. The van der Waals surface area contributed by atoms with Gasteiger partial charge < -0.3 is 0 Å². The van der Waals surface area contributed by atoms with Gasteiger partial charge >= 0.3 is 0 Å². The van der Waals surface area contributed by atoms with E-state index in [0.29, 0.717) is 5.56 Å². The summed E-state index contributed by atoms with van der Waals surface area (Å²) in [6.07, 6.45) is 1.67. The first-order valence-electron chi connectivity index (χ1n) is 4.50. The van der Waals surface area contributed by atoms with Gasteiger partial charge in [-0.25, -0.2) is 4.39 Å². The fraction of sp³-hybridized carbons (Fsp3) is 0.250. The number of carbonyl (C=O) groups is 1. The number of carbonyl (C=O) groups excluding carboxylic acids is 1. The van der Waals surface area contributed by atoms with Crippen molar-refractivity contribution in [2.24, 2.45) is 0 Å². The lowest BCUT2D eigenvalue weighted by Crippen LogP contribution is -2.01. The molecule has 1 nitrogen and oxygen atoms in total. The highest BCUT2D eigenvalue weighted by atomic mass is 19.1. The van der Waals surface area contributed by atoms with Crippen LogP contribution in [-0.2, 0) is 11.2 Å². The van der Waals surface area contributed by atoms with Crippen LogP contribution in [0.5, 0.6) is 0 Å². The lowest BCUT2D eigenvalue weighted by molar-refractivity contribution is -0.114. The van der Waals surface area contributed by atoms with E-state index >= 15 is 0 Å². The van der Waals surface area contributed by atoms with E-state index in [9.17, 15) is 9.18 Å². The molecular weight excluding hydrogens is 179 g/mol. The Morgan fingerprint density at radius 3 is 2.57 bits per heavy atom. The molecule has 0 N–H and O–H groups in total. The maximum absolute atomic E-state index is 13.1. The summed E-state index contributed by atoms with van der Waals surface area (Å²) in [6, 6.07) is 6.34. The normalized spacial score (nSPS) is 9.64. The van der Waals surface area contributed by atoms with Gasteiger partial charge in [0.05, 0.1) is 0 Å². The summed E-state index contributed by atoms with van der Waals surface area (Å²) in [5, 5.41) is 0. The van der Waals surface area contributed by atoms with E-state index in [-0.39, 0.29) is 18.0 Å². The first-order valence-corrected chi connectivity index (χ1v) is 4.50. The Labute approximate surface area is 83.3 Å². The topological polar surface area (TPSA) is 17.1 Å². The van der Waals surface area contributed by atoms with Gasteiger partial charge in [0.2, 0.25) is 0 Å². The third kappa shape index (κ3) is 3.13. The minimum Gasteiger partial charge on any atom is -0.294 e. The molecule has 0 aliphatic carbocycles. The van der Waals surface area contributed by atoms with Crippen LogP contribution < -0.4 is 0 Å². The second kappa shape index (κ2) is 4.70. The van der Waals surface area contributed by atoms with Crippen LogP contribution >= 0.6 is 0 Å². The van der Waals surface area contributed by atoms with E-state index in [1.165, 1.54) is 12.1 Å². The molecule has 0 saturated carbocycles. The number of hydrogen-bond acceptors (Lipinski definition) is 1. The van der Waals surface area contributed by atoms with Gasteiger partial charge in [0, 0.05) is 6.42 Å². The van der Waals surface area contributed by atoms with E-state index < -0.39 is 0 Å². The number of rotatable bonds is 3. The highest BCUT2D eigenvalue weighted by Gasteiger charge is 2.04. The molecule has 2 heteroatoms. The van der Waals surface area contributed by atoms with Crippen LogP contribution in [0.15, 0.2) is 35.9 Å². The van der Waals surface area contributed by atoms with Crippen molar-refractivity contribution in [2.75, 3.05) is 0 Å². The predicted molar refractivity (Wildman–Crippen MR) is 54.5 cm³/mol. The van der Waals surface area contributed by atoms with Gasteiger partial charge in [0.1, 0.15) is 5.82 Å². The maximum atomic E-state index is 13.1. The van der Waals surface area contributed by atoms with Crippen molar-refractivity contribution < 1.29 is 9.18 Å². The highest BCUT2D eigenvalue weighted by molar-refractivity contribution is 5.91. The molecular formula is C12H13FO.